The summed E-state index contributed by atoms with van der Waals surface area (Å²) >= 11 is 0. The Morgan fingerprint density at radius 2 is 0.927 bits per heavy atom. The standard InChI is InChI=1S/C50H29N5/c1-52-42-30-34(24-28-48(42)54-43-16-6-2-11-36(43)37-12-3-7-17-44(37)54)33-22-25-35(26-23-33)53-47-27-21-32(31-51)29-41(47)40-15-10-20-49(50(40)53)55-45-18-8-4-13-38(45)39-14-5-9-19-46(39)55/h2-30H. The van der Waals surface area contributed by atoms with E-state index in [2.05, 4.69) is 182 Å². The molecule has 0 bridgehead atoms. The predicted octanol–water partition coefficient (Wildman–Crippen LogP) is 13.1. The Kier molecular flexibility index (Phi) is 6.61. The van der Waals surface area contributed by atoms with Crippen molar-refractivity contribution in [3.63, 3.8) is 0 Å². The van der Waals surface area contributed by atoms with Gasteiger partial charge in [0.2, 0.25) is 5.69 Å². The Hall–Kier alpha value is -7.86. The summed E-state index contributed by atoms with van der Waals surface area (Å²) in [5, 5.41) is 16.8. The zero-order valence-corrected chi connectivity index (χ0v) is 29.5. The summed E-state index contributed by atoms with van der Waals surface area (Å²) in [5.41, 5.74) is 12.7. The first kappa shape index (κ1) is 30.7. The Balaban J connectivity index is 1.09. The fourth-order valence-electron chi connectivity index (χ4n) is 8.72. The van der Waals surface area contributed by atoms with Crippen LogP contribution >= 0.6 is 0 Å². The number of nitriles is 1. The second-order valence-corrected chi connectivity index (χ2v) is 14.0. The van der Waals surface area contributed by atoms with E-state index in [-0.39, 0.29) is 0 Å². The topological polar surface area (TPSA) is 42.9 Å². The molecule has 3 heterocycles. The van der Waals surface area contributed by atoms with E-state index in [4.69, 9.17) is 6.57 Å². The number of benzene rings is 8. The highest BCUT2D eigenvalue weighted by Gasteiger charge is 2.21. The molecule has 0 unspecified atom stereocenters. The van der Waals surface area contributed by atoms with Crippen LogP contribution in [0.5, 0.6) is 0 Å². The molecular weight excluding hydrogens is 671 g/mol. The van der Waals surface area contributed by atoms with E-state index < -0.39 is 0 Å². The van der Waals surface area contributed by atoms with Gasteiger partial charge in [-0.1, -0.05) is 103 Å². The molecule has 0 spiro atoms. The zero-order chi connectivity index (χ0) is 36.6. The van der Waals surface area contributed by atoms with Crippen LogP contribution in [0.3, 0.4) is 0 Å². The van der Waals surface area contributed by atoms with Crippen LogP contribution in [0.1, 0.15) is 5.56 Å². The van der Waals surface area contributed by atoms with Crippen LogP contribution in [0.25, 0.3) is 98.5 Å². The monoisotopic (exact) mass is 699 g/mol. The molecule has 0 N–H and O–H groups in total. The summed E-state index contributed by atoms with van der Waals surface area (Å²) in [6, 6.07) is 63.5. The molecule has 0 aliphatic heterocycles. The molecule has 0 saturated carbocycles. The summed E-state index contributed by atoms with van der Waals surface area (Å²) in [4.78, 5) is 4.04. The van der Waals surface area contributed by atoms with Crippen molar-refractivity contribution in [3.05, 3.63) is 193 Å². The number of aromatic nitrogens is 3. The molecule has 0 aliphatic carbocycles. The molecule has 11 rings (SSSR count). The van der Waals surface area contributed by atoms with Gasteiger partial charge in [0.1, 0.15) is 0 Å². The van der Waals surface area contributed by atoms with Gasteiger partial charge in [0.15, 0.2) is 0 Å². The smallest absolute Gasteiger partial charge is 0.211 e. The molecule has 0 saturated heterocycles. The first-order valence-electron chi connectivity index (χ1n) is 18.3. The predicted molar refractivity (Wildman–Crippen MR) is 226 cm³/mol. The van der Waals surface area contributed by atoms with Crippen molar-refractivity contribution in [3.8, 4) is 34.3 Å². The third kappa shape index (κ3) is 4.45. The minimum atomic E-state index is 0.597. The van der Waals surface area contributed by atoms with E-state index in [9.17, 15) is 5.26 Å². The van der Waals surface area contributed by atoms with Crippen LogP contribution in [-0.2, 0) is 0 Å². The van der Waals surface area contributed by atoms with Crippen molar-refractivity contribution < 1.29 is 0 Å². The maximum absolute atomic E-state index is 9.89. The molecule has 11 aromatic rings. The van der Waals surface area contributed by atoms with Crippen LogP contribution in [0.15, 0.2) is 176 Å². The fourth-order valence-corrected chi connectivity index (χ4v) is 8.72. The summed E-state index contributed by atoms with van der Waals surface area (Å²) in [5.74, 6) is 0. The van der Waals surface area contributed by atoms with Crippen LogP contribution in [0, 0.1) is 17.9 Å². The average Bonchev–Trinajstić information content (AvgIpc) is 3.89. The molecule has 0 aliphatic rings. The van der Waals surface area contributed by atoms with E-state index in [1.165, 1.54) is 21.5 Å². The first-order chi connectivity index (χ1) is 27.2. The molecule has 3 aromatic heterocycles. The van der Waals surface area contributed by atoms with Gasteiger partial charge in [-0.25, -0.2) is 4.85 Å². The average molecular weight is 700 g/mol. The SMILES string of the molecule is [C-]#[N+]c1cc(-c2ccc(-n3c4ccc(C#N)cc4c4cccc(-n5c6ccccc6c6ccccc65)c43)cc2)ccc1-n1c2ccccc2c2ccccc21. The quantitative estimate of drug-likeness (QED) is 0.169. The number of hydrogen-bond acceptors (Lipinski definition) is 1. The molecule has 55 heavy (non-hydrogen) atoms. The Bertz CT molecular complexity index is 3350. The van der Waals surface area contributed by atoms with Crippen LogP contribution in [0.4, 0.5) is 5.69 Å². The lowest BCUT2D eigenvalue weighted by molar-refractivity contribution is 1.13. The molecule has 0 fully saturated rings. The van der Waals surface area contributed by atoms with E-state index in [0.29, 0.717) is 11.3 Å². The Labute approximate surface area is 316 Å². The summed E-state index contributed by atoms with van der Waals surface area (Å²) in [6.45, 7) is 8.24. The second-order valence-electron chi connectivity index (χ2n) is 14.0. The lowest BCUT2D eigenvalue weighted by Crippen LogP contribution is -2.00. The summed E-state index contributed by atoms with van der Waals surface area (Å²) in [7, 11) is 0. The second kappa shape index (κ2) is 11.8. The normalized spacial score (nSPS) is 11.6. The van der Waals surface area contributed by atoms with Crippen LogP contribution < -0.4 is 0 Å². The molecule has 0 amide bonds. The fraction of sp³-hybridized carbons (Fsp3) is 0. The van der Waals surface area contributed by atoms with E-state index >= 15 is 0 Å². The van der Waals surface area contributed by atoms with Gasteiger partial charge in [-0.15, -0.1) is 0 Å². The molecule has 8 aromatic carbocycles. The van der Waals surface area contributed by atoms with Gasteiger partial charge >= 0.3 is 0 Å². The van der Waals surface area contributed by atoms with Gasteiger partial charge < -0.3 is 13.7 Å². The number of fused-ring (bicyclic) bond motifs is 9. The van der Waals surface area contributed by atoms with E-state index in [1.54, 1.807) is 0 Å². The van der Waals surface area contributed by atoms with Gasteiger partial charge in [-0.05, 0) is 83.9 Å². The van der Waals surface area contributed by atoms with Gasteiger partial charge in [-0.3, -0.25) is 0 Å². The zero-order valence-electron chi connectivity index (χ0n) is 29.5. The molecule has 254 valence electrons. The first-order valence-corrected chi connectivity index (χ1v) is 18.3. The third-order valence-corrected chi connectivity index (χ3v) is 11.1. The maximum Gasteiger partial charge on any atom is 0.211 e. The van der Waals surface area contributed by atoms with Crippen LogP contribution in [-0.4, -0.2) is 13.7 Å². The van der Waals surface area contributed by atoms with Crippen molar-refractivity contribution in [1.82, 2.24) is 13.7 Å². The Morgan fingerprint density at radius 3 is 1.49 bits per heavy atom. The van der Waals surface area contributed by atoms with Crippen molar-refractivity contribution in [2.45, 2.75) is 0 Å². The third-order valence-electron chi connectivity index (χ3n) is 11.1. The van der Waals surface area contributed by atoms with Crippen LogP contribution in [0.2, 0.25) is 0 Å². The molecule has 5 heteroatoms. The van der Waals surface area contributed by atoms with Gasteiger partial charge in [0, 0.05) is 38.0 Å². The van der Waals surface area contributed by atoms with Gasteiger partial charge in [0.05, 0.1) is 62.7 Å². The highest BCUT2D eigenvalue weighted by atomic mass is 15.1. The minimum Gasteiger partial charge on any atom is -0.319 e. The van der Waals surface area contributed by atoms with E-state index in [0.717, 1.165) is 72.1 Å². The summed E-state index contributed by atoms with van der Waals surface area (Å²) in [6.07, 6.45) is 0. The largest absolute Gasteiger partial charge is 0.319 e. The number of para-hydroxylation sites is 5. The minimum absolute atomic E-state index is 0.597. The Morgan fingerprint density at radius 1 is 0.418 bits per heavy atom. The van der Waals surface area contributed by atoms with Crippen molar-refractivity contribution in [2.24, 2.45) is 0 Å². The number of hydrogen-bond donors (Lipinski definition) is 0. The highest BCUT2D eigenvalue weighted by Crippen LogP contribution is 2.41. The molecule has 5 nitrogen and oxygen atoms in total. The lowest BCUT2D eigenvalue weighted by Gasteiger charge is -2.15. The van der Waals surface area contributed by atoms with Crippen molar-refractivity contribution in [1.29, 1.82) is 5.26 Å². The summed E-state index contributed by atoms with van der Waals surface area (Å²) < 4.78 is 6.90. The number of nitrogens with zero attached hydrogens (tertiary/aromatic N) is 5. The maximum atomic E-state index is 9.89. The van der Waals surface area contributed by atoms with Crippen molar-refractivity contribution in [2.75, 3.05) is 0 Å². The van der Waals surface area contributed by atoms with E-state index in [1.807, 2.05) is 18.2 Å². The number of rotatable bonds is 4. The van der Waals surface area contributed by atoms with Gasteiger partial charge in [-0.2, -0.15) is 5.26 Å². The van der Waals surface area contributed by atoms with Crippen molar-refractivity contribution >= 4 is 71.1 Å². The molecule has 0 radical (unpaired) electrons. The highest BCUT2D eigenvalue weighted by molar-refractivity contribution is 6.15. The molecule has 0 atom stereocenters. The molecular formula is C50H29N5. The lowest BCUT2D eigenvalue weighted by atomic mass is 10.0. The van der Waals surface area contributed by atoms with Gasteiger partial charge in [0.25, 0.3) is 0 Å².